The second-order valence-corrected chi connectivity index (χ2v) is 20.9. The Morgan fingerprint density at radius 1 is 0.781 bits per heavy atom. The van der Waals surface area contributed by atoms with Crippen molar-refractivity contribution in [2.75, 3.05) is 72.6 Å². The molecule has 0 spiro atoms. The first-order chi connectivity index (χ1) is 35.5. The number of rotatable bonds is 17. The second kappa shape index (κ2) is 28.6. The fourth-order valence-corrected chi connectivity index (χ4v) is 10.5. The number of hydrogen-bond acceptors (Lipinski definition) is 13. The molecule has 9 rings (SSSR count). The lowest BCUT2D eigenvalue weighted by molar-refractivity contribution is -0.144. The van der Waals surface area contributed by atoms with Gasteiger partial charge in [-0.1, -0.05) is 78.9 Å². The number of aliphatic hydroxyl groups excluding tert-OH is 1. The summed E-state index contributed by atoms with van der Waals surface area (Å²) < 4.78 is 11.7. The molecule has 0 aliphatic carbocycles. The van der Waals surface area contributed by atoms with Gasteiger partial charge in [-0.2, -0.15) is 12.6 Å². The Morgan fingerprint density at radius 3 is 2.11 bits per heavy atom. The summed E-state index contributed by atoms with van der Waals surface area (Å²) in [5.41, 5.74) is 4.30. The number of aromatic amines is 1. The van der Waals surface area contributed by atoms with Crippen molar-refractivity contribution in [1.29, 1.82) is 0 Å². The van der Waals surface area contributed by atoms with Crippen LogP contribution in [0.5, 0.6) is 11.5 Å². The number of amides is 1. The van der Waals surface area contributed by atoms with Crippen LogP contribution in [-0.2, 0) is 28.2 Å². The summed E-state index contributed by atoms with van der Waals surface area (Å²) >= 11 is 5.35. The van der Waals surface area contributed by atoms with E-state index in [0.717, 1.165) is 88.3 Å². The quantitative estimate of drug-likeness (QED) is 0.0337. The predicted molar refractivity (Wildman–Crippen MR) is 293 cm³/mol. The van der Waals surface area contributed by atoms with Gasteiger partial charge in [0.15, 0.2) is 6.29 Å². The van der Waals surface area contributed by atoms with Crippen LogP contribution in [-0.4, -0.2) is 121 Å². The molecule has 0 saturated carbocycles. The lowest BCUT2D eigenvalue weighted by Gasteiger charge is -2.31. The molecule has 13 nitrogen and oxygen atoms in total. The van der Waals surface area contributed by atoms with Gasteiger partial charge in [-0.05, 0) is 155 Å². The van der Waals surface area contributed by atoms with Gasteiger partial charge in [0.05, 0.1) is 41.0 Å². The number of aldehydes is 1. The van der Waals surface area contributed by atoms with Gasteiger partial charge in [-0.3, -0.25) is 24.1 Å². The Bertz CT molecular complexity index is 2700. The molecule has 2 aromatic heterocycles. The van der Waals surface area contributed by atoms with E-state index in [1.54, 1.807) is 24.3 Å². The number of thiol groups is 1. The summed E-state index contributed by atoms with van der Waals surface area (Å²) in [6.07, 6.45) is 6.53. The van der Waals surface area contributed by atoms with E-state index in [4.69, 9.17) is 9.47 Å². The third-order valence-electron chi connectivity index (χ3n) is 13.9. The van der Waals surface area contributed by atoms with Gasteiger partial charge in [0, 0.05) is 43.4 Å². The molecule has 1 amide bonds. The maximum Gasteiger partial charge on any atom is 0.310 e. The minimum atomic E-state index is -0.690. The van der Waals surface area contributed by atoms with Gasteiger partial charge in [0.1, 0.15) is 11.5 Å². The van der Waals surface area contributed by atoms with E-state index in [1.807, 2.05) is 53.4 Å². The van der Waals surface area contributed by atoms with Crippen molar-refractivity contribution >= 4 is 53.0 Å². The number of phenolic OH excluding ortho intramolecular Hbond substituents is 1. The lowest BCUT2D eigenvalue weighted by atomic mass is 9.97. The number of nitrogens with one attached hydrogen (secondary N) is 2. The number of nitrogens with zero attached hydrogens (tertiary/aromatic N) is 3. The maximum absolute atomic E-state index is 12.7. The normalized spacial score (nSPS) is 16.4. The summed E-state index contributed by atoms with van der Waals surface area (Å²) in [6, 6.07) is 38.1. The monoisotopic (exact) mass is 1030 g/mol. The molecule has 4 N–H and O–H groups in total. The Kier molecular flexibility index (Phi) is 21.5. The fourth-order valence-electron chi connectivity index (χ4n) is 9.46. The van der Waals surface area contributed by atoms with Crippen LogP contribution in [0.4, 0.5) is 0 Å². The van der Waals surface area contributed by atoms with Gasteiger partial charge in [0.2, 0.25) is 5.56 Å². The van der Waals surface area contributed by atoms with Crippen LogP contribution in [0, 0.1) is 17.8 Å². The molecule has 1 unspecified atom stereocenters. The molecule has 388 valence electrons. The molecule has 6 aromatic rings. The molecule has 3 saturated heterocycles. The number of H-pyrrole nitrogens is 1. The minimum Gasteiger partial charge on any atom is -0.506 e. The zero-order chi connectivity index (χ0) is 51.4. The van der Waals surface area contributed by atoms with Crippen molar-refractivity contribution in [2.45, 2.75) is 63.3 Å². The summed E-state index contributed by atoms with van der Waals surface area (Å²) in [5.74, 6) is 2.83. The highest BCUT2D eigenvalue weighted by Gasteiger charge is 2.26. The van der Waals surface area contributed by atoms with Crippen LogP contribution >= 0.6 is 24.0 Å². The van der Waals surface area contributed by atoms with Crippen molar-refractivity contribution in [3.63, 3.8) is 0 Å². The number of phenols is 1. The highest BCUT2D eigenvalue weighted by Crippen LogP contribution is 2.29. The molecule has 0 bridgehead atoms. The van der Waals surface area contributed by atoms with Crippen molar-refractivity contribution in [3.8, 4) is 11.5 Å². The SMILES string of the molecule is CN1CCC(CNCC(O)c2ccc(O)c3[nH]c(=O)ccc23)CC1.O=Cc1ccc(C(=O)N2CCC(COc3cccc(CC(=O)OCC4CCN(Cc5ccccc5)CC4)c3)CC2)s1.SCc1ccccc1. The minimum absolute atomic E-state index is 0.00410. The summed E-state index contributed by atoms with van der Waals surface area (Å²) in [5, 5.41) is 24.4. The summed E-state index contributed by atoms with van der Waals surface area (Å²) in [4.78, 5) is 58.1. The highest BCUT2D eigenvalue weighted by molar-refractivity contribution is 7.79. The molecule has 3 aliphatic heterocycles. The van der Waals surface area contributed by atoms with Gasteiger partial charge >= 0.3 is 5.97 Å². The van der Waals surface area contributed by atoms with Crippen LogP contribution in [0.2, 0.25) is 0 Å². The molecule has 73 heavy (non-hydrogen) atoms. The Morgan fingerprint density at radius 2 is 1.44 bits per heavy atom. The van der Waals surface area contributed by atoms with Gasteiger partial charge < -0.3 is 39.8 Å². The number of thiophene rings is 1. The molecule has 5 heterocycles. The predicted octanol–water partition coefficient (Wildman–Crippen LogP) is 8.80. The van der Waals surface area contributed by atoms with E-state index in [0.29, 0.717) is 76.8 Å². The molecule has 3 aliphatic rings. The Hall–Kier alpha value is -5.81. The van der Waals surface area contributed by atoms with E-state index in [9.17, 15) is 29.4 Å². The molecule has 4 aromatic carbocycles. The standard InChI is InChI=1S/C33H38N2O5S.C18H25N3O3.C7H8S/c36-22-30-9-10-31(41-30)33(38)35-17-13-27(14-18-35)23-39-29-8-4-7-28(19-29)20-32(37)40-24-26-11-15-34(16-12-26)21-25-5-2-1-3-6-25;1-21-8-6-12(7-9-21)10-19-11-16(23)13-2-4-15(22)18-14(13)3-5-17(24)20-18;8-6-7-4-2-1-3-5-7/h1-10,19,22,26-27H,11-18,20-21,23-24H2;2-5,12,16,19,22-23H,6-11H2,1H3,(H,20,24);1-5,8H,6H2. The molecule has 3 fully saturated rings. The number of pyridine rings is 1. The largest absolute Gasteiger partial charge is 0.506 e. The summed E-state index contributed by atoms with van der Waals surface area (Å²) in [7, 11) is 2.15. The lowest BCUT2D eigenvalue weighted by Crippen LogP contribution is -2.39. The van der Waals surface area contributed by atoms with E-state index < -0.39 is 6.10 Å². The molecular formula is C58H71N5O8S2. The third-order valence-corrected chi connectivity index (χ3v) is 15.3. The fraction of sp³-hybridized carbons (Fsp3) is 0.414. The van der Waals surface area contributed by atoms with E-state index in [-0.39, 0.29) is 29.6 Å². The van der Waals surface area contributed by atoms with Crippen LogP contribution in [0.15, 0.2) is 126 Å². The zero-order valence-electron chi connectivity index (χ0n) is 41.9. The Labute approximate surface area is 438 Å². The van der Waals surface area contributed by atoms with Crippen LogP contribution in [0.3, 0.4) is 0 Å². The van der Waals surface area contributed by atoms with E-state index >= 15 is 0 Å². The first-order valence-electron chi connectivity index (χ1n) is 25.6. The number of benzene rings is 4. The molecular weight excluding hydrogens is 959 g/mol. The van der Waals surface area contributed by atoms with Gasteiger partial charge in [0.25, 0.3) is 5.91 Å². The first kappa shape index (κ1) is 55.0. The van der Waals surface area contributed by atoms with Crippen molar-refractivity contribution in [2.24, 2.45) is 17.8 Å². The van der Waals surface area contributed by atoms with Gasteiger partial charge in [-0.25, -0.2) is 0 Å². The van der Waals surface area contributed by atoms with Crippen LogP contribution < -0.4 is 15.6 Å². The van der Waals surface area contributed by atoms with E-state index in [1.165, 1.54) is 47.4 Å². The van der Waals surface area contributed by atoms with E-state index in [2.05, 4.69) is 76.2 Å². The van der Waals surface area contributed by atoms with Crippen molar-refractivity contribution in [1.82, 2.24) is 25.0 Å². The zero-order valence-corrected chi connectivity index (χ0v) is 43.6. The number of carbonyl (C=O) groups is 3. The number of fused-ring (bicyclic) bond motifs is 1. The number of hydrogen-bond donors (Lipinski definition) is 5. The smallest absolute Gasteiger partial charge is 0.310 e. The number of aromatic hydroxyl groups is 1. The van der Waals surface area contributed by atoms with Crippen LogP contribution in [0.25, 0.3) is 10.9 Å². The molecule has 0 radical (unpaired) electrons. The highest BCUT2D eigenvalue weighted by atomic mass is 32.1. The van der Waals surface area contributed by atoms with Crippen LogP contribution in [0.1, 0.15) is 86.2 Å². The average molecular weight is 1030 g/mol. The number of piperidine rings is 3. The third kappa shape index (κ3) is 17.4. The van der Waals surface area contributed by atoms with Crippen molar-refractivity contribution in [3.05, 3.63) is 164 Å². The Balaban J connectivity index is 0.000000203. The van der Waals surface area contributed by atoms with Crippen molar-refractivity contribution < 1.29 is 34.1 Å². The molecule has 15 heteroatoms. The number of ether oxygens (including phenoxy) is 2. The number of aliphatic hydroxyl groups is 1. The number of likely N-dealkylation sites (tertiary alicyclic amines) is 3. The first-order valence-corrected chi connectivity index (χ1v) is 27.0. The average Bonchev–Trinajstić information content (AvgIpc) is 3.92. The topological polar surface area (TPSA) is 165 Å². The number of esters is 1. The number of aromatic nitrogens is 1. The number of carbonyl (C=O) groups excluding carboxylic acids is 3. The molecule has 1 atom stereocenters. The second-order valence-electron chi connectivity index (χ2n) is 19.4. The maximum atomic E-state index is 12.7. The van der Waals surface area contributed by atoms with Gasteiger partial charge in [-0.15, -0.1) is 11.3 Å². The summed E-state index contributed by atoms with van der Waals surface area (Å²) in [6.45, 7) is 9.07.